The van der Waals surface area contributed by atoms with E-state index in [1.165, 1.54) is 22.2 Å². The number of amides is 1. The molecule has 2 aromatic carbocycles. The third kappa shape index (κ3) is 4.58. The number of ether oxygens (including phenoxy) is 1. The minimum atomic E-state index is -0.989. The number of carboxylic acid groups (broad SMARTS) is 1. The summed E-state index contributed by atoms with van der Waals surface area (Å²) in [6.07, 6.45) is 0.913. The van der Waals surface area contributed by atoms with Gasteiger partial charge in [-0.05, 0) is 24.0 Å². The molecule has 0 bridgehead atoms. The van der Waals surface area contributed by atoms with Crippen LogP contribution in [-0.4, -0.2) is 39.2 Å². The third-order valence-electron chi connectivity index (χ3n) is 4.32. The Hall–Kier alpha value is -2.47. The van der Waals surface area contributed by atoms with Gasteiger partial charge in [-0.2, -0.15) is 0 Å². The molecule has 0 spiro atoms. The molecule has 0 aliphatic carbocycles. The first-order valence-electron chi connectivity index (χ1n) is 8.52. The predicted octanol–water partition coefficient (Wildman–Crippen LogP) is 3.78. The Bertz CT molecular complexity index is 738. The fourth-order valence-corrected chi connectivity index (χ4v) is 4.34. The highest BCUT2D eigenvalue weighted by atomic mass is 32.2. The number of carbonyl (C=O) groups excluding carboxylic acids is 1. The first kappa shape index (κ1) is 18.3. The molecule has 1 heterocycles. The topological polar surface area (TPSA) is 66.8 Å². The monoisotopic (exact) mass is 371 g/mol. The Morgan fingerprint density at radius 2 is 1.65 bits per heavy atom. The van der Waals surface area contributed by atoms with Crippen LogP contribution in [0.1, 0.15) is 17.5 Å². The molecule has 0 aromatic heterocycles. The Morgan fingerprint density at radius 3 is 2.27 bits per heavy atom. The zero-order valence-electron chi connectivity index (χ0n) is 14.3. The lowest BCUT2D eigenvalue weighted by atomic mass is 10.1. The average Bonchev–Trinajstić information content (AvgIpc) is 3.10. The Morgan fingerprint density at radius 1 is 1.04 bits per heavy atom. The van der Waals surface area contributed by atoms with Crippen molar-refractivity contribution in [1.82, 2.24) is 4.90 Å². The van der Waals surface area contributed by atoms with Crippen molar-refractivity contribution in [2.75, 3.05) is 5.75 Å². The van der Waals surface area contributed by atoms with Gasteiger partial charge in [0, 0.05) is 5.75 Å². The number of hydrogen-bond acceptors (Lipinski definition) is 4. The summed E-state index contributed by atoms with van der Waals surface area (Å²) >= 11 is 1.50. The number of benzene rings is 2. The van der Waals surface area contributed by atoms with Crippen LogP contribution in [0.25, 0.3) is 0 Å². The number of carboxylic acids is 1. The molecule has 5 nitrogen and oxygen atoms in total. The number of thioether (sulfide) groups is 1. The zero-order valence-corrected chi connectivity index (χ0v) is 15.1. The van der Waals surface area contributed by atoms with Crippen molar-refractivity contribution in [2.24, 2.45) is 0 Å². The minimum Gasteiger partial charge on any atom is -0.480 e. The highest BCUT2D eigenvalue weighted by Crippen LogP contribution is 2.33. The first-order chi connectivity index (χ1) is 12.6. The molecule has 1 amide bonds. The number of aryl methyl sites for hydroxylation is 1. The van der Waals surface area contributed by atoms with Gasteiger partial charge in [-0.25, -0.2) is 9.59 Å². The maximum absolute atomic E-state index is 12.6. The standard InChI is InChI=1S/C20H21NO4S/c22-19(23)17-14-26-18(12-11-15-7-3-1-4-8-15)21(17)20(24)25-13-16-9-5-2-6-10-16/h1-10,17-18H,11-14H2,(H,22,23). The van der Waals surface area contributed by atoms with E-state index < -0.39 is 18.1 Å². The molecular formula is C20H21NO4S. The highest BCUT2D eigenvalue weighted by molar-refractivity contribution is 8.00. The number of hydrogen-bond donors (Lipinski definition) is 1. The van der Waals surface area contributed by atoms with Crippen LogP contribution in [-0.2, 0) is 22.6 Å². The summed E-state index contributed by atoms with van der Waals surface area (Å²) in [5.74, 6) is -0.605. The summed E-state index contributed by atoms with van der Waals surface area (Å²) in [5.41, 5.74) is 2.05. The van der Waals surface area contributed by atoms with Gasteiger partial charge >= 0.3 is 12.1 Å². The molecule has 1 N–H and O–H groups in total. The van der Waals surface area contributed by atoms with Gasteiger partial charge in [0.1, 0.15) is 12.6 Å². The van der Waals surface area contributed by atoms with Gasteiger partial charge in [0.2, 0.25) is 0 Å². The van der Waals surface area contributed by atoms with E-state index in [0.29, 0.717) is 12.2 Å². The maximum atomic E-state index is 12.6. The zero-order chi connectivity index (χ0) is 18.4. The van der Waals surface area contributed by atoms with Crippen LogP contribution in [0, 0.1) is 0 Å². The van der Waals surface area contributed by atoms with Crippen LogP contribution in [0.3, 0.4) is 0 Å². The third-order valence-corrected chi connectivity index (χ3v) is 5.67. The molecule has 3 rings (SSSR count). The molecule has 1 aliphatic rings. The van der Waals surface area contributed by atoms with Crippen molar-refractivity contribution in [3.05, 3.63) is 71.8 Å². The van der Waals surface area contributed by atoms with Gasteiger partial charge in [0.05, 0.1) is 5.37 Å². The van der Waals surface area contributed by atoms with Crippen molar-refractivity contribution < 1.29 is 19.4 Å². The largest absolute Gasteiger partial charge is 0.480 e. The van der Waals surface area contributed by atoms with Crippen LogP contribution in [0.5, 0.6) is 0 Å². The van der Waals surface area contributed by atoms with Crippen LogP contribution >= 0.6 is 11.8 Å². The Labute approximate surface area is 157 Å². The molecule has 136 valence electrons. The summed E-state index contributed by atoms with van der Waals surface area (Å²) < 4.78 is 5.39. The molecule has 26 heavy (non-hydrogen) atoms. The Balaban J connectivity index is 1.64. The van der Waals surface area contributed by atoms with Crippen molar-refractivity contribution >= 4 is 23.8 Å². The minimum absolute atomic E-state index is 0.137. The Kier molecular flexibility index (Phi) is 6.17. The summed E-state index contributed by atoms with van der Waals surface area (Å²) in [6, 6.07) is 18.5. The van der Waals surface area contributed by atoms with Crippen molar-refractivity contribution in [3.63, 3.8) is 0 Å². The van der Waals surface area contributed by atoms with Crippen LogP contribution in [0.4, 0.5) is 4.79 Å². The van der Waals surface area contributed by atoms with E-state index in [4.69, 9.17) is 4.74 Å². The summed E-state index contributed by atoms with van der Waals surface area (Å²) in [7, 11) is 0. The number of rotatable bonds is 6. The molecule has 0 radical (unpaired) electrons. The second-order valence-corrected chi connectivity index (χ2v) is 7.32. The lowest BCUT2D eigenvalue weighted by molar-refractivity contribution is -0.141. The van der Waals surface area contributed by atoms with Gasteiger partial charge < -0.3 is 9.84 Å². The smallest absolute Gasteiger partial charge is 0.411 e. The van der Waals surface area contributed by atoms with E-state index in [2.05, 4.69) is 0 Å². The van der Waals surface area contributed by atoms with Crippen molar-refractivity contribution in [1.29, 1.82) is 0 Å². The normalized spacial score (nSPS) is 19.3. The van der Waals surface area contributed by atoms with Gasteiger partial charge in [-0.3, -0.25) is 4.90 Å². The molecular weight excluding hydrogens is 350 g/mol. The second kappa shape index (κ2) is 8.76. The fourth-order valence-electron chi connectivity index (χ4n) is 2.95. The van der Waals surface area contributed by atoms with E-state index >= 15 is 0 Å². The van der Waals surface area contributed by atoms with Crippen LogP contribution in [0.15, 0.2) is 60.7 Å². The molecule has 6 heteroatoms. The molecule has 0 saturated carbocycles. The number of carbonyl (C=O) groups is 2. The SMILES string of the molecule is O=C(O)C1CSC(CCc2ccccc2)N1C(=O)OCc1ccccc1. The highest BCUT2D eigenvalue weighted by Gasteiger charge is 2.42. The molecule has 2 unspecified atom stereocenters. The van der Waals surface area contributed by atoms with E-state index in [1.54, 1.807) is 0 Å². The summed E-state index contributed by atoms with van der Waals surface area (Å²) in [6.45, 7) is 0.137. The molecule has 1 fully saturated rings. The van der Waals surface area contributed by atoms with Gasteiger partial charge in [-0.1, -0.05) is 60.7 Å². The lowest BCUT2D eigenvalue weighted by Crippen LogP contribution is -2.46. The fraction of sp³-hybridized carbons (Fsp3) is 0.300. The van der Waals surface area contributed by atoms with Crippen molar-refractivity contribution in [2.45, 2.75) is 30.9 Å². The van der Waals surface area contributed by atoms with Gasteiger partial charge in [0.15, 0.2) is 0 Å². The average molecular weight is 371 g/mol. The molecule has 2 aromatic rings. The quantitative estimate of drug-likeness (QED) is 0.837. The van der Waals surface area contributed by atoms with Crippen LogP contribution < -0.4 is 0 Å². The maximum Gasteiger partial charge on any atom is 0.411 e. The van der Waals surface area contributed by atoms with E-state index in [0.717, 1.165) is 12.0 Å². The number of aliphatic carboxylic acids is 1. The second-order valence-electron chi connectivity index (χ2n) is 6.11. The molecule has 1 aliphatic heterocycles. The van der Waals surface area contributed by atoms with Crippen molar-refractivity contribution in [3.8, 4) is 0 Å². The van der Waals surface area contributed by atoms with Crippen LogP contribution in [0.2, 0.25) is 0 Å². The first-order valence-corrected chi connectivity index (χ1v) is 9.57. The predicted molar refractivity (Wildman–Crippen MR) is 101 cm³/mol. The molecule has 1 saturated heterocycles. The number of nitrogens with zero attached hydrogens (tertiary/aromatic N) is 1. The summed E-state index contributed by atoms with van der Waals surface area (Å²) in [4.78, 5) is 25.5. The van der Waals surface area contributed by atoms with E-state index in [-0.39, 0.29) is 12.0 Å². The lowest BCUT2D eigenvalue weighted by Gasteiger charge is -2.26. The summed E-state index contributed by atoms with van der Waals surface area (Å²) in [5, 5.41) is 9.26. The molecule has 2 atom stereocenters. The van der Waals surface area contributed by atoms with E-state index in [1.807, 2.05) is 60.7 Å². The van der Waals surface area contributed by atoms with E-state index in [9.17, 15) is 14.7 Å². The van der Waals surface area contributed by atoms with Gasteiger partial charge in [-0.15, -0.1) is 11.8 Å². The van der Waals surface area contributed by atoms with Gasteiger partial charge in [0.25, 0.3) is 0 Å².